The second-order valence-electron chi connectivity index (χ2n) is 5.03. The van der Waals surface area contributed by atoms with Crippen LogP contribution >= 0.6 is 23.4 Å². The van der Waals surface area contributed by atoms with Gasteiger partial charge in [0.1, 0.15) is 0 Å². The van der Waals surface area contributed by atoms with Gasteiger partial charge in [-0.25, -0.2) is 4.79 Å². The summed E-state index contributed by atoms with van der Waals surface area (Å²) in [5, 5.41) is 0.330. The molecule has 1 aliphatic rings. The highest BCUT2D eigenvalue weighted by Crippen LogP contribution is 2.30. The van der Waals surface area contributed by atoms with Crippen molar-refractivity contribution in [2.45, 2.75) is 13.3 Å². The molecule has 1 amide bonds. The molecule has 0 N–H and O–H groups in total. The zero-order valence-electron chi connectivity index (χ0n) is 12.3. The van der Waals surface area contributed by atoms with Crippen molar-refractivity contribution in [3.8, 4) is 0 Å². The lowest BCUT2D eigenvalue weighted by molar-refractivity contribution is -0.117. The number of benzene rings is 1. The van der Waals surface area contributed by atoms with Crippen LogP contribution in [0.5, 0.6) is 0 Å². The van der Waals surface area contributed by atoms with E-state index in [9.17, 15) is 14.4 Å². The number of hydrogen-bond acceptors (Lipinski definition) is 5. The first-order chi connectivity index (χ1) is 10.4. The van der Waals surface area contributed by atoms with E-state index in [-0.39, 0.29) is 27.5 Å². The molecule has 1 saturated heterocycles. The molecule has 0 bridgehead atoms. The Bertz CT molecular complexity index is 620. The predicted octanol–water partition coefficient (Wildman–Crippen LogP) is 2.76. The van der Waals surface area contributed by atoms with Gasteiger partial charge >= 0.3 is 5.97 Å². The van der Waals surface area contributed by atoms with E-state index in [0.717, 1.165) is 0 Å². The molecule has 0 aliphatic carbocycles. The fraction of sp³-hybridized carbons (Fsp3) is 0.400. The molecule has 1 unspecified atom stereocenters. The van der Waals surface area contributed by atoms with Gasteiger partial charge in [0.25, 0.3) is 0 Å². The Labute approximate surface area is 137 Å². The maximum absolute atomic E-state index is 12.1. The van der Waals surface area contributed by atoms with Gasteiger partial charge in [0.2, 0.25) is 5.91 Å². The van der Waals surface area contributed by atoms with Gasteiger partial charge in [-0.1, -0.05) is 23.4 Å². The largest absolute Gasteiger partial charge is 0.465 e. The maximum Gasteiger partial charge on any atom is 0.339 e. The fourth-order valence-corrected chi connectivity index (χ4v) is 3.21. The summed E-state index contributed by atoms with van der Waals surface area (Å²) in [6.45, 7) is 2.04. The van der Waals surface area contributed by atoms with Crippen LogP contribution in [-0.2, 0) is 14.3 Å². The standard InChI is InChI=1S/C15H16ClNO4S/c1-9(18)22-8-10-5-14(19)17(7-10)11-3-4-13(16)12(6-11)15(20)21-2/h3-4,6,10H,5,7-8H2,1-2H3. The fourth-order valence-electron chi connectivity index (χ4n) is 2.33. The van der Waals surface area contributed by atoms with E-state index in [4.69, 9.17) is 11.6 Å². The Morgan fingerprint density at radius 1 is 1.45 bits per heavy atom. The number of thioether (sulfide) groups is 1. The maximum atomic E-state index is 12.1. The van der Waals surface area contributed by atoms with Gasteiger partial charge in [-0.2, -0.15) is 0 Å². The molecule has 1 heterocycles. The first-order valence-corrected chi connectivity index (χ1v) is 8.10. The van der Waals surface area contributed by atoms with Gasteiger partial charge in [-0.15, -0.1) is 0 Å². The van der Waals surface area contributed by atoms with Crippen LogP contribution in [-0.4, -0.2) is 36.4 Å². The van der Waals surface area contributed by atoms with Gasteiger partial charge in [0, 0.05) is 31.3 Å². The first-order valence-electron chi connectivity index (χ1n) is 6.74. The Morgan fingerprint density at radius 2 is 2.18 bits per heavy atom. The minimum absolute atomic E-state index is 0.0210. The number of methoxy groups -OCH3 is 1. The van der Waals surface area contributed by atoms with Gasteiger partial charge < -0.3 is 9.64 Å². The minimum Gasteiger partial charge on any atom is -0.465 e. The van der Waals surface area contributed by atoms with E-state index >= 15 is 0 Å². The molecule has 0 aromatic heterocycles. The van der Waals surface area contributed by atoms with Crippen molar-refractivity contribution in [1.82, 2.24) is 0 Å². The molecule has 1 aromatic rings. The van der Waals surface area contributed by atoms with Crippen molar-refractivity contribution in [2.75, 3.05) is 24.3 Å². The van der Waals surface area contributed by atoms with E-state index in [0.29, 0.717) is 24.4 Å². The van der Waals surface area contributed by atoms with Crippen LogP contribution in [0.2, 0.25) is 5.02 Å². The topological polar surface area (TPSA) is 63.7 Å². The number of carbonyl (C=O) groups is 3. The Kier molecular flexibility index (Phi) is 5.47. The normalized spacial score (nSPS) is 17.7. The lowest BCUT2D eigenvalue weighted by Crippen LogP contribution is -2.25. The van der Waals surface area contributed by atoms with Gasteiger partial charge in [-0.3, -0.25) is 9.59 Å². The lowest BCUT2D eigenvalue weighted by Gasteiger charge is -2.18. The van der Waals surface area contributed by atoms with E-state index in [1.165, 1.54) is 25.8 Å². The molecule has 0 spiro atoms. The number of nitrogens with zero attached hydrogens (tertiary/aromatic N) is 1. The third-order valence-corrected chi connectivity index (χ3v) is 4.77. The zero-order chi connectivity index (χ0) is 16.3. The SMILES string of the molecule is COC(=O)c1cc(N2CC(CSC(C)=O)CC2=O)ccc1Cl. The van der Waals surface area contributed by atoms with Gasteiger partial charge in [0.05, 0.1) is 17.7 Å². The number of ether oxygens (including phenoxy) is 1. The second kappa shape index (κ2) is 7.15. The lowest BCUT2D eigenvalue weighted by atomic mass is 10.1. The molecule has 5 nitrogen and oxygen atoms in total. The molecule has 22 heavy (non-hydrogen) atoms. The summed E-state index contributed by atoms with van der Waals surface area (Å²) in [4.78, 5) is 36.5. The molecule has 1 aliphatic heterocycles. The third kappa shape index (κ3) is 3.81. The summed E-state index contributed by atoms with van der Waals surface area (Å²) >= 11 is 7.21. The average Bonchev–Trinajstić information content (AvgIpc) is 2.86. The summed E-state index contributed by atoms with van der Waals surface area (Å²) < 4.78 is 4.68. The number of halogens is 1. The quantitative estimate of drug-likeness (QED) is 0.788. The number of carbonyl (C=O) groups excluding carboxylic acids is 3. The monoisotopic (exact) mass is 341 g/mol. The summed E-state index contributed by atoms with van der Waals surface area (Å²) in [6.07, 6.45) is 0.399. The summed E-state index contributed by atoms with van der Waals surface area (Å²) in [5.74, 6) is 0.183. The third-order valence-electron chi connectivity index (χ3n) is 3.39. The van der Waals surface area contributed by atoms with Crippen molar-refractivity contribution in [2.24, 2.45) is 5.92 Å². The van der Waals surface area contributed by atoms with Crippen molar-refractivity contribution in [1.29, 1.82) is 0 Å². The molecule has 7 heteroatoms. The highest BCUT2D eigenvalue weighted by molar-refractivity contribution is 8.13. The molecular weight excluding hydrogens is 326 g/mol. The number of amides is 1. The number of hydrogen-bond donors (Lipinski definition) is 0. The van der Waals surface area contributed by atoms with Crippen LogP contribution in [0.15, 0.2) is 18.2 Å². The van der Waals surface area contributed by atoms with Crippen molar-refractivity contribution in [3.63, 3.8) is 0 Å². The van der Waals surface area contributed by atoms with Gasteiger partial charge in [-0.05, 0) is 24.1 Å². The van der Waals surface area contributed by atoms with Gasteiger partial charge in [0.15, 0.2) is 5.12 Å². The van der Waals surface area contributed by atoms with Crippen LogP contribution in [0.1, 0.15) is 23.7 Å². The second-order valence-corrected chi connectivity index (χ2v) is 6.64. The molecule has 1 aromatic carbocycles. The van der Waals surface area contributed by atoms with Crippen LogP contribution in [0, 0.1) is 5.92 Å². The van der Waals surface area contributed by atoms with Crippen molar-refractivity contribution >= 4 is 46.0 Å². The number of anilines is 1. The number of rotatable bonds is 4. The van der Waals surface area contributed by atoms with E-state index in [2.05, 4.69) is 4.74 Å². The first kappa shape index (κ1) is 16.8. The van der Waals surface area contributed by atoms with E-state index < -0.39 is 5.97 Å². The van der Waals surface area contributed by atoms with Crippen molar-refractivity contribution < 1.29 is 19.1 Å². The molecule has 118 valence electrons. The average molecular weight is 342 g/mol. The Hall–Kier alpha value is -1.53. The van der Waals surface area contributed by atoms with Crippen LogP contribution in [0.25, 0.3) is 0 Å². The van der Waals surface area contributed by atoms with E-state index in [1.54, 1.807) is 23.1 Å². The molecular formula is C15H16ClNO4S. The zero-order valence-corrected chi connectivity index (χ0v) is 13.9. The molecule has 2 rings (SSSR count). The minimum atomic E-state index is -0.540. The van der Waals surface area contributed by atoms with Crippen LogP contribution in [0.3, 0.4) is 0 Å². The summed E-state index contributed by atoms with van der Waals surface area (Å²) in [7, 11) is 1.28. The van der Waals surface area contributed by atoms with Crippen LogP contribution < -0.4 is 4.90 Å². The highest BCUT2D eigenvalue weighted by Gasteiger charge is 2.31. The van der Waals surface area contributed by atoms with Crippen LogP contribution in [0.4, 0.5) is 5.69 Å². The van der Waals surface area contributed by atoms with Crippen molar-refractivity contribution in [3.05, 3.63) is 28.8 Å². The molecule has 1 atom stereocenters. The summed E-state index contributed by atoms with van der Waals surface area (Å²) in [5.41, 5.74) is 0.848. The molecule has 0 saturated carbocycles. The highest BCUT2D eigenvalue weighted by atomic mass is 35.5. The predicted molar refractivity (Wildman–Crippen MR) is 86.4 cm³/mol. The Balaban J connectivity index is 2.16. The molecule has 1 fully saturated rings. The van der Waals surface area contributed by atoms with E-state index in [1.807, 2.05) is 0 Å². The summed E-state index contributed by atoms with van der Waals surface area (Å²) in [6, 6.07) is 4.84. The molecule has 0 radical (unpaired) electrons. The number of esters is 1. The smallest absolute Gasteiger partial charge is 0.339 e. The Morgan fingerprint density at radius 3 is 2.82 bits per heavy atom.